The number of nitrogens with zero attached hydrogens (tertiary/aromatic N) is 2. The van der Waals surface area contributed by atoms with Gasteiger partial charge in [-0.2, -0.15) is 12.6 Å². The van der Waals surface area contributed by atoms with E-state index in [2.05, 4.69) is 12.6 Å². The molecule has 1 N–H and O–H groups in total. The van der Waals surface area contributed by atoms with Crippen molar-refractivity contribution in [3.8, 4) is 0 Å². The summed E-state index contributed by atoms with van der Waals surface area (Å²) < 4.78 is 5.29. The molecule has 0 saturated carbocycles. The minimum atomic E-state index is -0.731. The number of amides is 2. The molecule has 0 bridgehead atoms. The summed E-state index contributed by atoms with van der Waals surface area (Å²) in [7, 11) is 0. The molecular formula is C13H22N2O4S. The van der Waals surface area contributed by atoms with E-state index in [1.165, 1.54) is 4.90 Å². The van der Waals surface area contributed by atoms with E-state index in [-0.39, 0.29) is 23.7 Å². The Morgan fingerprint density at radius 1 is 1.35 bits per heavy atom. The van der Waals surface area contributed by atoms with Crippen molar-refractivity contribution < 1.29 is 19.4 Å². The van der Waals surface area contributed by atoms with Crippen molar-refractivity contribution in [1.29, 1.82) is 0 Å². The third-order valence-electron chi connectivity index (χ3n) is 3.45. The summed E-state index contributed by atoms with van der Waals surface area (Å²) in [5.41, 5.74) is -0.570. The van der Waals surface area contributed by atoms with E-state index >= 15 is 0 Å². The zero-order chi connectivity index (χ0) is 15.1. The maximum atomic E-state index is 12.0. The molecule has 0 aromatic heterocycles. The molecule has 2 heterocycles. The van der Waals surface area contributed by atoms with Gasteiger partial charge in [0.1, 0.15) is 5.60 Å². The van der Waals surface area contributed by atoms with Gasteiger partial charge in [0.15, 0.2) is 0 Å². The predicted molar refractivity (Wildman–Crippen MR) is 76.7 cm³/mol. The molecule has 114 valence electrons. The van der Waals surface area contributed by atoms with Gasteiger partial charge in [-0.25, -0.2) is 4.79 Å². The third kappa shape index (κ3) is 3.38. The molecule has 0 aromatic carbocycles. The van der Waals surface area contributed by atoms with Gasteiger partial charge in [0.25, 0.3) is 0 Å². The van der Waals surface area contributed by atoms with Crippen LogP contribution in [0.5, 0.6) is 0 Å². The molecule has 2 saturated heterocycles. The Hall–Kier alpha value is -0.950. The number of ether oxygens (including phenoxy) is 1. The monoisotopic (exact) mass is 302 g/mol. The van der Waals surface area contributed by atoms with Crippen molar-refractivity contribution in [3.63, 3.8) is 0 Å². The Balaban J connectivity index is 1.99. The van der Waals surface area contributed by atoms with Gasteiger partial charge < -0.3 is 19.6 Å². The van der Waals surface area contributed by atoms with Crippen molar-refractivity contribution in [1.82, 2.24) is 9.80 Å². The molecule has 2 amide bonds. The Bertz CT molecular complexity index is 410. The van der Waals surface area contributed by atoms with Gasteiger partial charge in [-0.3, -0.25) is 4.79 Å². The molecule has 2 fully saturated rings. The Morgan fingerprint density at radius 2 is 2.00 bits per heavy atom. The number of likely N-dealkylation sites (tertiary alicyclic amines) is 2. The van der Waals surface area contributed by atoms with Gasteiger partial charge >= 0.3 is 6.09 Å². The van der Waals surface area contributed by atoms with Gasteiger partial charge in [-0.05, 0) is 20.8 Å². The minimum Gasteiger partial charge on any atom is -0.444 e. The van der Waals surface area contributed by atoms with Gasteiger partial charge in [0.05, 0.1) is 18.7 Å². The molecule has 0 aliphatic carbocycles. The van der Waals surface area contributed by atoms with Crippen LogP contribution in [0.15, 0.2) is 0 Å². The zero-order valence-corrected chi connectivity index (χ0v) is 13.0. The number of β-amino-alcohol motifs (C(OH)–C–C–N with tert-alkyl or cyclic N) is 1. The number of carbonyl (C=O) groups excluding carboxylic acids is 2. The Kier molecular flexibility index (Phi) is 4.20. The smallest absolute Gasteiger partial charge is 0.410 e. The summed E-state index contributed by atoms with van der Waals surface area (Å²) in [4.78, 5) is 26.9. The molecular weight excluding hydrogens is 280 g/mol. The fourth-order valence-corrected chi connectivity index (χ4v) is 2.92. The molecule has 6 nitrogen and oxygen atoms in total. The fourth-order valence-electron chi connectivity index (χ4n) is 2.58. The lowest BCUT2D eigenvalue weighted by atomic mass is 10.2. The second kappa shape index (κ2) is 5.44. The van der Waals surface area contributed by atoms with Crippen LogP contribution in [0.3, 0.4) is 0 Å². The van der Waals surface area contributed by atoms with Crippen molar-refractivity contribution in [2.75, 3.05) is 19.6 Å². The SMILES string of the molecule is CC(C)(C)OC(=O)N1CC(O)C(N2CC(S)CC2=O)C1. The van der Waals surface area contributed by atoms with Crippen molar-refractivity contribution in [3.05, 3.63) is 0 Å². The number of rotatable bonds is 1. The van der Waals surface area contributed by atoms with Crippen LogP contribution in [0, 0.1) is 0 Å². The maximum Gasteiger partial charge on any atom is 0.410 e. The molecule has 2 aliphatic rings. The Morgan fingerprint density at radius 3 is 2.50 bits per heavy atom. The van der Waals surface area contributed by atoms with E-state index in [9.17, 15) is 14.7 Å². The topological polar surface area (TPSA) is 70.1 Å². The summed E-state index contributed by atoms with van der Waals surface area (Å²) in [6, 6.07) is -0.354. The van der Waals surface area contributed by atoms with E-state index in [4.69, 9.17) is 4.74 Å². The lowest BCUT2D eigenvalue weighted by Gasteiger charge is -2.27. The highest BCUT2D eigenvalue weighted by molar-refractivity contribution is 7.81. The van der Waals surface area contributed by atoms with Crippen LogP contribution in [0.2, 0.25) is 0 Å². The number of hydrogen-bond acceptors (Lipinski definition) is 5. The summed E-state index contributed by atoms with van der Waals surface area (Å²) in [6.45, 7) is 6.41. The van der Waals surface area contributed by atoms with E-state index < -0.39 is 17.8 Å². The Labute approximate surface area is 124 Å². The standard InChI is InChI=1S/C13H22N2O4S/c1-13(2,3)19-12(18)14-6-9(10(16)7-14)15-5-8(20)4-11(15)17/h8-10,16,20H,4-7H2,1-3H3. The van der Waals surface area contributed by atoms with Crippen LogP contribution in [0.1, 0.15) is 27.2 Å². The molecule has 20 heavy (non-hydrogen) atoms. The summed E-state index contributed by atoms with van der Waals surface area (Å²) in [5, 5.41) is 10.1. The average Bonchev–Trinajstić information content (AvgIpc) is 2.79. The molecule has 3 atom stereocenters. The van der Waals surface area contributed by atoms with Gasteiger partial charge in [0.2, 0.25) is 5.91 Å². The number of carbonyl (C=O) groups is 2. The van der Waals surface area contributed by atoms with Crippen molar-refractivity contribution in [2.45, 2.75) is 50.2 Å². The molecule has 2 rings (SSSR count). The summed E-state index contributed by atoms with van der Waals surface area (Å²) in [6.07, 6.45) is -0.795. The average molecular weight is 302 g/mol. The van der Waals surface area contributed by atoms with Crippen LogP contribution >= 0.6 is 12.6 Å². The lowest BCUT2D eigenvalue weighted by Crippen LogP contribution is -2.44. The second-order valence-electron chi connectivity index (χ2n) is 6.42. The summed E-state index contributed by atoms with van der Waals surface area (Å²) >= 11 is 4.30. The van der Waals surface area contributed by atoms with Crippen molar-refractivity contribution >= 4 is 24.6 Å². The van der Waals surface area contributed by atoms with Crippen LogP contribution in [0.25, 0.3) is 0 Å². The van der Waals surface area contributed by atoms with Gasteiger partial charge in [-0.15, -0.1) is 0 Å². The third-order valence-corrected chi connectivity index (χ3v) is 3.79. The fraction of sp³-hybridized carbons (Fsp3) is 0.846. The minimum absolute atomic E-state index is 0.00489. The quantitative estimate of drug-likeness (QED) is 0.692. The first-order valence-corrected chi connectivity index (χ1v) is 7.32. The number of hydrogen-bond donors (Lipinski definition) is 2. The molecule has 0 radical (unpaired) electrons. The largest absolute Gasteiger partial charge is 0.444 e. The van der Waals surface area contributed by atoms with Gasteiger partial charge in [-0.1, -0.05) is 0 Å². The highest BCUT2D eigenvalue weighted by Gasteiger charge is 2.43. The molecule has 0 spiro atoms. The highest BCUT2D eigenvalue weighted by Crippen LogP contribution is 2.25. The van der Waals surface area contributed by atoms with E-state index in [1.54, 1.807) is 25.7 Å². The van der Waals surface area contributed by atoms with E-state index in [1.807, 2.05) is 0 Å². The zero-order valence-electron chi connectivity index (χ0n) is 12.1. The molecule has 2 aliphatic heterocycles. The van der Waals surface area contributed by atoms with Crippen LogP contribution < -0.4 is 0 Å². The number of aliphatic hydroxyl groups excluding tert-OH is 1. The van der Waals surface area contributed by atoms with Crippen LogP contribution in [-0.4, -0.2) is 69.5 Å². The van der Waals surface area contributed by atoms with E-state index in [0.717, 1.165) is 0 Å². The first-order chi connectivity index (χ1) is 9.17. The number of aliphatic hydroxyl groups is 1. The predicted octanol–water partition coefficient (Wildman–Crippen LogP) is 0.497. The number of thiol groups is 1. The molecule has 0 aromatic rings. The first kappa shape index (κ1) is 15.4. The van der Waals surface area contributed by atoms with Crippen molar-refractivity contribution in [2.24, 2.45) is 0 Å². The first-order valence-electron chi connectivity index (χ1n) is 6.81. The molecule has 3 unspecified atom stereocenters. The second-order valence-corrected chi connectivity index (χ2v) is 7.15. The lowest BCUT2D eigenvalue weighted by molar-refractivity contribution is -0.131. The normalized spacial score (nSPS) is 31.1. The molecule has 7 heteroatoms. The van der Waals surface area contributed by atoms with Crippen LogP contribution in [-0.2, 0) is 9.53 Å². The highest BCUT2D eigenvalue weighted by atomic mass is 32.1. The van der Waals surface area contributed by atoms with Gasteiger partial charge in [0, 0.05) is 24.8 Å². The maximum absolute atomic E-state index is 12.0. The van der Waals surface area contributed by atoms with Crippen LogP contribution in [0.4, 0.5) is 4.79 Å². The van der Waals surface area contributed by atoms with E-state index in [0.29, 0.717) is 19.5 Å². The summed E-state index contributed by atoms with van der Waals surface area (Å²) in [5.74, 6) is -0.0138.